The molecular formula is C11H15BrClNO2S. The molecule has 0 atom stereocenters. The van der Waals surface area contributed by atoms with Gasteiger partial charge in [-0.15, -0.1) is 11.6 Å². The highest BCUT2D eigenvalue weighted by Crippen LogP contribution is 2.24. The molecule has 96 valence electrons. The summed E-state index contributed by atoms with van der Waals surface area (Å²) in [5.41, 5.74) is 0. The van der Waals surface area contributed by atoms with Gasteiger partial charge in [-0.2, -0.15) is 4.31 Å². The minimum absolute atomic E-state index is 0.290. The molecule has 0 aliphatic heterocycles. The lowest BCUT2D eigenvalue weighted by atomic mass is 10.4. The summed E-state index contributed by atoms with van der Waals surface area (Å²) < 4.78 is 26.7. The van der Waals surface area contributed by atoms with Crippen LogP contribution < -0.4 is 0 Å². The number of hydrogen-bond acceptors (Lipinski definition) is 2. The number of sulfonamides is 1. The number of alkyl halides is 1. The van der Waals surface area contributed by atoms with Crippen LogP contribution in [0.1, 0.15) is 13.3 Å². The van der Waals surface area contributed by atoms with Gasteiger partial charge in [-0.05, 0) is 34.5 Å². The Bertz CT molecular complexity index is 458. The van der Waals surface area contributed by atoms with Gasteiger partial charge in [0.2, 0.25) is 10.0 Å². The summed E-state index contributed by atoms with van der Waals surface area (Å²) in [6.45, 7) is 2.76. The second-order valence-electron chi connectivity index (χ2n) is 3.52. The largest absolute Gasteiger partial charge is 0.244 e. The first-order chi connectivity index (χ1) is 8.04. The molecule has 1 aromatic rings. The molecule has 0 saturated carbocycles. The highest BCUT2D eigenvalue weighted by molar-refractivity contribution is 9.10. The molecule has 0 N–H and O–H groups in total. The van der Waals surface area contributed by atoms with Crippen molar-refractivity contribution in [1.82, 2.24) is 4.31 Å². The molecule has 0 heterocycles. The summed E-state index contributed by atoms with van der Waals surface area (Å²) in [6.07, 6.45) is 0.764. The Hall–Kier alpha value is -0.100. The lowest BCUT2D eigenvalue weighted by Gasteiger charge is -2.21. The molecule has 0 spiro atoms. The fraction of sp³-hybridized carbons (Fsp3) is 0.455. The van der Waals surface area contributed by atoms with Crippen LogP contribution in [0.3, 0.4) is 0 Å². The van der Waals surface area contributed by atoms with Crippen molar-refractivity contribution in [2.45, 2.75) is 18.2 Å². The fourth-order valence-electron chi connectivity index (χ4n) is 1.49. The topological polar surface area (TPSA) is 37.4 Å². The Morgan fingerprint density at radius 3 is 2.47 bits per heavy atom. The van der Waals surface area contributed by atoms with E-state index in [1.807, 2.05) is 6.92 Å². The third kappa shape index (κ3) is 3.68. The zero-order valence-electron chi connectivity index (χ0n) is 9.57. The van der Waals surface area contributed by atoms with Gasteiger partial charge < -0.3 is 0 Å². The average molecular weight is 341 g/mol. The number of halogens is 2. The van der Waals surface area contributed by atoms with E-state index < -0.39 is 10.0 Å². The molecule has 0 aromatic heterocycles. The first-order valence-corrected chi connectivity index (χ1v) is 8.11. The van der Waals surface area contributed by atoms with E-state index in [-0.39, 0.29) is 0 Å². The van der Waals surface area contributed by atoms with Gasteiger partial charge in [0.05, 0.1) is 4.90 Å². The highest BCUT2D eigenvalue weighted by atomic mass is 79.9. The summed E-state index contributed by atoms with van der Waals surface area (Å²) in [4.78, 5) is 0.290. The van der Waals surface area contributed by atoms with Crippen molar-refractivity contribution in [1.29, 1.82) is 0 Å². The number of benzene rings is 1. The van der Waals surface area contributed by atoms with Crippen molar-refractivity contribution in [3.05, 3.63) is 28.7 Å². The van der Waals surface area contributed by atoms with Crippen LogP contribution >= 0.6 is 27.5 Å². The molecule has 1 aromatic carbocycles. The van der Waals surface area contributed by atoms with Crippen molar-refractivity contribution in [2.75, 3.05) is 19.0 Å². The Kier molecular flexibility index (Phi) is 5.92. The predicted molar refractivity (Wildman–Crippen MR) is 73.9 cm³/mol. The van der Waals surface area contributed by atoms with Crippen LogP contribution in [-0.4, -0.2) is 31.7 Å². The molecule has 0 aliphatic carbocycles. The van der Waals surface area contributed by atoms with Crippen molar-refractivity contribution < 1.29 is 8.42 Å². The number of hydrogen-bond donors (Lipinski definition) is 0. The van der Waals surface area contributed by atoms with Crippen molar-refractivity contribution in [3.8, 4) is 0 Å². The average Bonchev–Trinajstić information content (AvgIpc) is 2.29. The van der Waals surface area contributed by atoms with Crippen LogP contribution in [0.4, 0.5) is 0 Å². The lowest BCUT2D eigenvalue weighted by Crippen LogP contribution is -2.33. The fourth-order valence-corrected chi connectivity index (χ4v) is 4.29. The maximum Gasteiger partial charge on any atom is 0.244 e. The summed E-state index contributed by atoms with van der Waals surface area (Å²) in [5, 5.41) is 0. The summed E-state index contributed by atoms with van der Waals surface area (Å²) >= 11 is 8.91. The zero-order chi connectivity index (χ0) is 12.9. The van der Waals surface area contributed by atoms with Crippen LogP contribution in [-0.2, 0) is 10.0 Å². The van der Waals surface area contributed by atoms with Gasteiger partial charge in [0, 0.05) is 23.4 Å². The molecule has 0 radical (unpaired) electrons. The van der Waals surface area contributed by atoms with E-state index in [4.69, 9.17) is 11.6 Å². The Morgan fingerprint density at radius 1 is 1.29 bits per heavy atom. The van der Waals surface area contributed by atoms with Crippen molar-refractivity contribution >= 4 is 37.6 Å². The molecular weight excluding hydrogens is 326 g/mol. The Morgan fingerprint density at radius 2 is 1.94 bits per heavy atom. The second kappa shape index (κ2) is 6.73. The van der Waals surface area contributed by atoms with E-state index in [0.717, 1.165) is 6.42 Å². The molecule has 17 heavy (non-hydrogen) atoms. The van der Waals surface area contributed by atoms with Crippen LogP contribution in [0.25, 0.3) is 0 Å². The molecule has 0 amide bonds. The summed E-state index contributed by atoms with van der Waals surface area (Å²) in [5.74, 6) is 0.295. The maximum atomic E-state index is 12.4. The van der Waals surface area contributed by atoms with Gasteiger partial charge in [0.25, 0.3) is 0 Å². The molecule has 0 bridgehead atoms. The monoisotopic (exact) mass is 339 g/mol. The molecule has 1 rings (SSSR count). The minimum atomic E-state index is -3.45. The van der Waals surface area contributed by atoms with Crippen LogP contribution in [0.2, 0.25) is 0 Å². The zero-order valence-corrected chi connectivity index (χ0v) is 12.7. The third-order valence-corrected chi connectivity index (χ3v) is 5.34. The standard InChI is InChI=1S/C11H15BrClNO2S/c1-2-8-14(9-7-13)17(15,16)11-6-4-3-5-10(11)12/h3-6H,2,7-9H2,1H3. The van der Waals surface area contributed by atoms with Gasteiger partial charge in [0.15, 0.2) is 0 Å². The van der Waals surface area contributed by atoms with Crippen LogP contribution in [0, 0.1) is 0 Å². The maximum absolute atomic E-state index is 12.4. The molecule has 0 aliphatic rings. The Balaban J connectivity index is 3.12. The molecule has 0 unspecified atom stereocenters. The van der Waals surface area contributed by atoms with Gasteiger partial charge >= 0.3 is 0 Å². The molecule has 3 nitrogen and oxygen atoms in total. The normalized spacial score (nSPS) is 12.0. The highest BCUT2D eigenvalue weighted by Gasteiger charge is 2.24. The van der Waals surface area contributed by atoms with Crippen molar-refractivity contribution in [2.24, 2.45) is 0 Å². The third-order valence-electron chi connectivity index (χ3n) is 2.26. The first-order valence-electron chi connectivity index (χ1n) is 5.34. The molecule has 0 fully saturated rings. The smallest absolute Gasteiger partial charge is 0.207 e. The van der Waals surface area contributed by atoms with Crippen molar-refractivity contribution in [3.63, 3.8) is 0 Å². The first kappa shape index (κ1) is 15.0. The second-order valence-corrected chi connectivity index (χ2v) is 6.66. The van der Waals surface area contributed by atoms with E-state index in [1.54, 1.807) is 24.3 Å². The van der Waals surface area contributed by atoms with E-state index >= 15 is 0 Å². The summed E-state index contributed by atoms with van der Waals surface area (Å²) in [6, 6.07) is 6.81. The van der Waals surface area contributed by atoms with Gasteiger partial charge in [0.1, 0.15) is 0 Å². The van der Waals surface area contributed by atoms with E-state index in [9.17, 15) is 8.42 Å². The van der Waals surface area contributed by atoms with E-state index in [1.165, 1.54) is 4.31 Å². The quantitative estimate of drug-likeness (QED) is 0.746. The molecule has 6 heteroatoms. The predicted octanol–water partition coefficient (Wildman–Crippen LogP) is 3.09. The Labute approximate surface area is 116 Å². The van der Waals surface area contributed by atoms with Crippen LogP contribution in [0.15, 0.2) is 33.6 Å². The number of rotatable bonds is 6. The van der Waals surface area contributed by atoms with Crippen LogP contribution in [0.5, 0.6) is 0 Å². The minimum Gasteiger partial charge on any atom is -0.207 e. The van der Waals surface area contributed by atoms with E-state index in [2.05, 4.69) is 15.9 Å². The lowest BCUT2D eigenvalue weighted by molar-refractivity contribution is 0.428. The molecule has 0 saturated heterocycles. The van der Waals surface area contributed by atoms with Gasteiger partial charge in [-0.1, -0.05) is 19.1 Å². The van der Waals surface area contributed by atoms with Gasteiger partial charge in [-0.25, -0.2) is 8.42 Å². The SMILES string of the molecule is CCCN(CCCl)S(=O)(=O)c1ccccc1Br. The summed E-state index contributed by atoms with van der Waals surface area (Å²) in [7, 11) is -3.45. The number of nitrogens with zero attached hydrogens (tertiary/aromatic N) is 1. The van der Waals surface area contributed by atoms with Gasteiger partial charge in [-0.3, -0.25) is 0 Å². The van der Waals surface area contributed by atoms with E-state index in [0.29, 0.717) is 28.3 Å².